The molecular weight excluding hydrogens is 372 g/mol. The van der Waals surface area contributed by atoms with Gasteiger partial charge < -0.3 is 4.90 Å². The van der Waals surface area contributed by atoms with Gasteiger partial charge in [0, 0.05) is 25.4 Å². The molecule has 152 valence electrons. The summed E-state index contributed by atoms with van der Waals surface area (Å²) in [5.41, 5.74) is 3.43. The number of nitrogens with zero attached hydrogens (tertiary/aromatic N) is 6. The van der Waals surface area contributed by atoms with Gasteiger partial charge in [-0.1, -0.05) is 12.1 Å². The Hall–Kier alpha value is -3.49. The molecule has 0 saturated carbocycles. The molecule has 0 unspecified atom stereocenters. The topological polar surface area (TPSA) is 99.1 Å². The molecule has 0 spiro atoms. The van der Waals surface area contributed by atoms with Gasteiger partial charge in [0.25, 0.3) is 5.91 Å². The van der Waals surface area contributed by atoms with Gasteiger partial charge in [-0.2, -0.15) is 10.2 Å². The average Bonchev–Trinajstić information content (AvgIpc) is 3.25. The van der Waals surface area contributed by atoms with Crippen LogP contribution < -0.4 is 0 Å². The lowest BCUT2D eigenvalue weighted by atomic mass is 10.1. The van der Waals surface area contributed by atoms with Crippen LogP contribution in [0.4, 0.5) is 5.69 Å². The molecule has 1 amide bonds. The molecule has 1 aromatic carbocycles. The van der Waals surface area contributed by atoms with Crippen molar-refractivity contribution in [2.45, 2.75) is 40.4 Å². The van der Waals surface area contributed by atoms with E-state index in [1.807, 2.05) is 29.8 Å². The average molecular weight is 396 g/mol. The second-order valence-corrected chi connectivity index (χ2v) is 6.93. The van der Waals surface area contributed by atoms with Crippen LogP contribution in [0, 0.1) is 24.0 Å². The summed E-state index contributed by atoms with van der Waals surface area (Å²) < 4.78 is 3.47. The number of aryl methyl sites for hydroxylation is 2. The number of hydrogen-bond acceptors (Lipinski definition) is 5. The van der Waals surface area contributed by atoms with E-state index >= 15 is 0 Å². The van der Waals surface area contributed by atoms with Gasteiger partial charge >= 0.3 is 5.69 Å². The molecule has 0 saturated heterocycles. The first kappa shape index (κ1) is 20.2. The Morgan fingerprint density at radius 1 is 1.17 bits per heavy atom. The van der Waals surface area contributed by atoms with Crippen LogP contribution in [-0.2, 0) is 19.6 Å². The predicted molar refractivity (Wildman–Crippen MR) is 108 cm³/mol. The van der Waals surface area contributed by atoms with Gasteiger partial charge in [-0.25, -0.2) is 0 Å². The molecule has 2 heterocycles. The van der Waals surface area contributed by atoms with E-state index in [0.29, 0.717) is 30.0 Å². The Morgan fingerprint density at radius 3 is 2.45 bits per heavy atom. The maximum absolute atomic E-state index is 12.7. The third-order valence-electron chi connectivity index (χ3n) is 4.91. The zero-order valence-electron chi connectivity index (χ0n) is 17.0. The van der Waals surface area contributed by atoms with Crippen molar-refractivity contribution in [2.75, 3.05) is 7.05 Å². The van der Waals surface area contributed by atoms with Crippen LogP contribution in [0.15, 0.2) is 36.5 Å². The third-order valence-corrected chi connectivity index (χ3v) is 4.91. The van der Waals surface area contributed by atoms with Gasteiger partial charge in [0.05, 0.1) is 23.7 Å². The van der Waals surface area contributed by atoms with Crippen LogP contribution in [0.5, 0.6) is 0 Å². The van der Waals surface area contributed by atoms with Crippen molar-refractivity contribution >= 4 is 11.6 Å². The van der Waals surface area contributed by atoms with Crippen LogP contribution in [-0.4, -0.2) is 42.3 Å². The van der Waals surface area contributed by atoms with E-state index in [9.17, 15) is 14.9 Å². The highest BCUT2D eigenvalue weighted by Crippen LogP contribution is 2.22. The fourth-order valence-corrected chi connectivity index (χ4v) is 3.35. The second-order valence-electron chi connectivity index (χ2n) is 6.93. The van der Waals surface area contributed by atoms with Crippen LogP contribution in [0.25, 0.3) is 0 Å². The number of carbonyl (C=O) groups excluding carboxylic acids is 1. The Labute approximate surface area is 168 Å². The smallest absolute Gasteiger partial charge is 0.312 e. The van der Waals surface area contributed by atoms with E-state index in [0.717, 1.165) is 17.8 Å². The summed E-state index contributed by atoms with van der Waals surface area (Å²) in [6.07, 6.45) is 1.73. The van der Waals surface area contributed by atoms with Crippen LogP contribution in [0.2, 0.25) is 0 Å². The summed E-state index contributed by atoms with van der Waals surface area (Å²) in [5, 5.41) is 19.6. The van der Waals surface area contributed by atoms with E-state index in [4.69, 9.17) is 0 Å². The van der Waals surface area contributed by atoms with Crippen molar-refractivity contribution in [1.82, 2.24) is 24.5 Å². The molecule has 0 aliphatic heterocycles. The molecule has 3 aromatic rings. The molecule has 0 fully saturated rings. The van der Waals surface area contributed by atoms with Crippen molar-refractivity contribution in [1.29, 1.82) is 0 Å². The largest absolute Gasteiger partial charge is 0.336 e. The number of hydrogen-bond donors (Lipinski definition) is 0. The highest BCUT2D eigenvalue weighted by atomic mass is 16.6. The van der Waals surface area contributed by atoms with E-state index in [2.05, 4.69) is 10.2 Å². The molecule has 0 N–H and O–H groups in total. The van der Waals surface area contributed by atoms with Crippen LogP contribution >= 0.6 is 0 Å². The van der Waals surface area contributed by atoms with E-state index < -0.39 is 4.92 Å². The summed E-state index contributed by atoms with van der Waals surface area (Å²) in [5.74, 6) is -0.0813. The summed E-state index contributed by atoms with van der Waals surface area (Å²) in [4.78, 5) is 25.1. The molecule has 2 aromatic heterocycles. The Bertz CT molecular complexity index is 1040. The first-order chi connectivity index (χ1) is 13.8. The summed E-state index contributed by atoms with van der Waals surface area (Å²) in [7, 11) is 1.76. The van der Waals surface area contributed by atoms with Gasteiger partial charge in [0.1, 0.15) is 11.4 Å². The Morgan fingerprint density at radius 2 is 1.86 bits per heavy atom. The Kier molecular flexibility index (Phi) is 5.76. The minimum absolute atomic E-state index is 0.0461. The van der Waals surface area contributed by atoms with Crippen molar-refractivity contribution in [2.24, 2.45) is 0 Å². The molecule has 9 nitrogen and oxygen atoms in total. The van der Waals surface area contributed by atoms with Crippen molar-refractivity contribution in [3.8, 4) is 0 Å². The monoisotopic (exact) mass is 396 g/mol. The fourth-order valence-electron chi connectivity index (χ4n) is 3.35. The summed E-state index contributed by atoms with van der Waals surface area (Å²) in [6.45, 7) is 6.96. The maximum atomic E-state index is 12.7. The van der Waals surface area contributed by atoms with Gasteiger partial charge in [0.15, 0.2) is 0 Å². The van der Waals surface area contributed by atoms with E-state index in [-0.39, 0.29) is 11.6 Å². The van der Waals surface area contributed by atoms with Crippen molar-refractivity contribution < 1.29 is 9.72 Å². The number of amides is 1. The van der Waals surface area contributed by atoms with E-state index in [1.165, 1.54) is 0 Å². The highest BCUT2D eigenvalue weighted by molar-refractivity contribution is 5.94. The normalized spacial score (nSPS) is 10.9. The lowest BCUT2D eigenvalue weighted by molar-refractivity contribution is -0.386. The van der Waals surface area contributed by atoms with Gasteiger partial charge in [-0.15, -0.1) is 0 Å². The SMILES string of the molecule is CCn1nccc1CN(C)C(=O)c1ccc(Cn2nc(C)c([N+](=O)[O-])c2C)cc1. The molecule has 29 heavy (non-hydrogen) atoms. The number of benzene rings is 1. The minimum Gasteiger partial charge on any atom is -0.336 e. The molecule has 0 aliphatic carbocycles. The van der Waals surface area contributed by atoms with Crippen LogP contribution in [0.3, 0.4) is 0 Å². The fraction of sp³-hybridized carbons (Fsp3) is 0.350. The third kappa shape index (κ3) is 4.18. The predicted octanol–water partition coefficient (Wildman–Crippen LogP) is 2.95. The second kappa shape index (κ2) is 8.26. The molecule has 0 bridgehead atoms. The molecule has 0 atom stereocenters. The van der Waals surface area contributed by atoms with Crippen molar-refractivity contribution in [3.63, 3.8) is 0 Å². The summed E-state index contributed by atoms with van der Waals surface area (Å²) in [6, 6.07) is 9.14. The van der Waals surface area contributed by atoms with Gasteiger partial charge in [-0.3, -0.25) is 24.3 Å². The molecule has 3 rings (SSSR count). The number of nitro groups is 1. The standard InChI is InChI=1S/C20H24N6O3/c1-5-24-18(10-11-21-24)13-23(4)20(27)17-8-6-16(7-9-17)12-25-15(3)19(26(28)29)14(2)22-25/h6-11H,5,12-13H2,1-4H3. The Balaban J connectivity index is 1.71. The first-order valence-electron chi connectivity index (χ1n) is 9.35. The van der Waals surface area contributed by atoms with E-state index in [1.54, 1.807) is 48.8 Å². The highest BCUT2D eigenvalue weighted by Gasteiger charge is 2.21. The first-order valence-corrected chi connectivity index (χ1v) is 9.35. The molecular formula is C20H24N6O3. The van der Waals surface area contributed by atoms with Crippen molar-refractivity contribution in [3.05, 3.63) is 74.9 Å². The summed E-state index contributed by atoms with van der Waals surface area (Å²) >= 11 is 0. The number of carbonyl (C=O) groups is 1. The number of aromatic nitrogens is 4. The molecule has 9 heteroatoms. The number of rotatable bonds is 7. The zero-order chi connectivity index (χ0) is 21.1. The molecule has 0 aliphatic rings. The minimum atomic E-state index is -0.406. The lowest BCUT2D eigenvalue weighted by Gasteiger charge is -2.18. The maximum Gasteiger partial charge on any atom is 0.312 e. The lowest BCUT2D eigenvalue weighted by Crippen LogP contribution is -2.27. The zero-order valence-corrected chi connectivity index (χ0v) is 17.0. The molecule has 0 radical (unpaired) electrons. The van der Waals surface area contributed by atoms with Crippen LogP contribution in [0.1, 0.15) is 39.9 Å². The quantitative estimate of drug-likeness (QED) is 0.452. The van der Waals surface area contributed by atoms with Gasteiger partial charge in [-0.05, 0) is 44.5 Å². The van der Waals surface area contributed by atoms with Gasteiger partial charge in [0.2, 0.25) is 0 Å².